The number of piperidine rings is 1. The first-order valence-electron chi connectivity index (χ1n) is 9.94. The van der Waals surface area contributed by atoms with Crippen molar-refractivity contribution < 1.29 is 14.5 Å². The molecule has 0 bridgehead atoms. The molecule has 1 fully saturated rings. The number of nitrogens with zero attached hydrogens (tertiary/aromatic N) is 4. The van der Waals surface area contributed by atoms with Crippen LogP contribution in [0.4, 0.5) is 0 Å². The van der Waals surface area contributed by atoms with Gasteiger partial charge in [0.15, 0.2) is 5.69 Å². The fourth-order valence-electron chi connectivity index (χ4n) is 5.24. The van der Waals surface area contributed by atoms with Gasteiger partial charge in [0.1, 0.15) is 6.20 Å². The van der Waals surface area contributed by atoms with E-state index in [4.69, 9.17) is 0 Å². The van der Waals surface area contributed by atoms with Crippen molar-refractivity contribution in [3.05, 3.63) is 59.4 Å². The largest absolute Gasteiger partial charge is 0.390 e. The number of carbonyl (C=O) groups is 1. The zero-order valence-electron chi connectivity index (χ0n) is 15.7. The summed E-state index contributed by atoms with van der Waals surface area (Å²) in [5, 5.41) is 18.7. The minimum atomic E-state index is -0.470. The summed E-state index contributed by atoms with van der Waals surface area (Å²) in [6.45, 7) is 3.01. The van der Waals surface area contributed by atoms with Gasteiger partial charge in [-0.3, -0.25) is 9.69 Å². The number of hydrogen-bond acceptors (Lipinski definition) is 6. The number of amides is 1. The monoisotopic (exact) mass is 380 g/mol. The molecule has 0 saturated carbocycles. The van der Waals surface area contributed by atoms with E-state index in [9.17, 15) is 9.90 Å². The maximum Gasteiger partial charge on any atom is 0.277 e. The molecule has 1 aliphatic carbocycles. The van der Waals surface area contributed by atoms with Crippen LogP contribution in [0.5, 0.6) is 0 Å². The van der Waals surface area contributed by atoms with Crippen LogP contribution in [0.1, 0.15) is 46.9 Å². The van der Waals surface area contributed by atoms with Gasteiger partial charge in [-0.05, 0) is 35.5 Å². The summed E-state index contributed by atoms with van der Waals surface area (Å²) in [5.74, 6) is -0.158. The predicted molar refractivity (Wildman–Crippen MR) is 102 cm³/mol. The first kappa shape index (κ1) is 17.6. The molecule has 5 rings (SSSR count). The maximum absolute atomic E-state index is 12.6. The summed E-state index contributed by atoms with van der Waals surface area (Å²) < 4.78 is 4.57. The van der Waals surface area contributed by atoms with Crippen LogP contribution in [0, 0.1) is 0 Å². The molecule has 0 radical (unpaired) electrons. The van der Waals surface area contributed by atoms with Crippen LogP contribution in [0.3, 0.4) is 0 Å². The Kier molecular flexibility index (Phi) is 4.29. The highest BCUT2D eigenvalue weighted by molar-refractivity contribution is 5.91. The highest BCUT2D eigenvalue weighted by atomic mass is 16.6. The normalized spacial score (nSPS) is 26.5. The molecule has 7 heteroatoms. The lowest BCUT2D eigenvalue weighted by molar-refractivity contribution is -0.0115. The Morgan fingerprint density at radius 2 is 2.00 bits per heavy atom. The minimum absolute atomic E-state index is 0.0168. The number of benzene rings is 1. The standard InChI is InChI=1S/C21H24N4O3/c26-19-18(24-10-4-1-5-11-24)15-6-2-3-7-16(15)21(19)8-12-25(13-9-21)20(27)17-14-22-28-23-17/h1-4,6-7,14,18-19,26H,5,8-13H2/t18-,19+/m0/s1. The maximum atomic E-state index is 12.6. The summed E-state index contributed by atoms with van der Waals surface area (Å²) in [4.78, 5) is 16.8. The smallest absolute Gasteiger partial charge is 0.277 e. The van der Waals surface area contributed by atoms with Crippen molar-refractivity contribution in [1.29, 1.82) is 0 Å². The first-order valence-corrected chi connectivity index (χ1v) is 9.94. The second-order valence-electron chi connectivity index (χ2n) is 7.97. The Labute approximate surface area is 163 Å². The fraction of sp³-hybridized carbons (Fsp3) is 0.476. The third kappa shape index (κ3) is 2.61. The molecule has 0 unspecified atom stereocenters. The van der Waals surface area contributed by atoms with Gasteiger partial charge in [0.05, 0.1) is 12.1 Å². The zero-order valence-corrected chi connectivity index (χ0v) is 15.7. The molecular formula is C21H24N4O3. The average Bonchev–Trinajstić information content (AvgIpc) is 3.36. The molecule has 3 heterocycles. The molecule has 1 amide bonds. The lowest BCUT2D eigenvalue weighted by atomic mass is 9.72. The van der Waals surface area contributed by atoms with Crippen molar-refractivity contribution in [2.45, 2.75) is 36.8 Å². The molecule has 1 spiro atoms. The number of aromatic nitrogens is 2. The Morgan fingerprint density at radius 3 is 2.71 bits per heavy atom. The van der Waals surface area contributed by atoms with E-state index in [1.807, 2.05) is 0 Å². The van der Waals surface area contributed by atoms with Crippen molar-refractivity contribution in [3.8, 4) is 0 Å². The highest BCUT2D eigenvalue weighted by Gasteiger charge is 2.54. The Bertz CT molecular complexity index is 887. The van der Waals surface area contributed by atoms with Gasteiger partial charge >= 0.3 is 0 Å². The fourth-order valence-corrected chi connectivity index (χ4v) is 5.24. The highest BCUT2D eigenvalue weighted by Crippen LogP contribution is 2.53. The summed E-state index contributed by atoms with van der Waals surface area (Å²) in [6.07, 6.45) is 7.78. The van der Waals surface area contributed by atoms with Crippen LogP contribution in [0.2, 0.25) is 0 Å². The molecule has 1 aromatic heterocycles. The summed E-state index contributed by atoms with van der Waals surface area (Å²) in [5.41, 5.74) is 2.42. The van der Waals surface area contributed by atoms with Crippen LogP contribution < -0.4 is 0 Å². The van der Waals surface area contributed by atoms with Crippen molar-refractivity contribution in [2.75, 3.05) is 26.2 Å². The Balaban J connectivity index is 1.42. The van der Waals surface area contributed by atoms with Gasteiger partial charge < -0.3 is 10.0 Å². The zero-order chi connectivity index (χ0) is 19.1. The third-order valence-electron chi connectivity index (χ3n) is 6.69. The number of carbonyl (C=O) groups excluding carboxylic acids is 1. The molecule has 2 aromatic rings. The molecule has 2 atom stereocenters. The van der Waals surface area contributed by atoms with E-state index in [1.165, 1.54) is 17.3 Å². The van der Waals surface area contributed by atoms with Crippen LogP contribution in [0.25, 0.3) is 0 Å². The topological polar surface area (TPSA) is 82.7 Å². The Hall–Kier alpha value is -2.51. The van der Waals surface area contributed by atoms with Gasteiger partial charge in [-0.15, -0.1) is 0 Å². The molecule has 7 nitrogen and oxygen atoms in total. The SMILES string of the molecule is O=C(c1cnon1)N1CCC2(CC1)c1ccccc1[C@H](N1CC=CCC1)[C@H]2O. The van der Waals surface area contributed by atoms with Crippen LogP contribution in [0.15, 0.2) is 47.2 Å². The van der Waals surface area contributed by atoms with E-state index in [2.05, 4.69) is 56.3 Å². The number of aliphatic hydroxyl groups excluding tert-OH is 1. The molecule has 146 valence electrons. The second kappa shape index (κ2) is 6.83. The van der Waals surface area contributed by atoms with Crippen molar-refractivity contribution >= 4 is 5.91 Å². The molecule has 28 heavy (non-hydrogen) atoms. The van der Waals surface area contributed by atoms with Crippen molar-refractivity contribution in [3.63, 3.8) is 0 Å². The molecular weight excluding hydrogens is 356 g/mol. The third-order valence-corrected chi connectivity index (χ3v) is 6.69. The molecule has 2 aliphatic heterocycles. The molecule has 1 saturated heterocycles. The predicted octanol–water partition coefficient (Wildman–Crippen LogP) is 1.92. The summed E-state index contributed by atoms with van der Waals surface area (Å²) in [7, 11) is 0. The lowest BCUT2D eigenvalue weighted by Gasteiger charge is -2.44. The van der Waals surface area contributed by atoms with E-state index < -0.39 is 6.10 Å². The van der Waals surface area contributed by atoms with Crippen molar-refractivity contribution in [2.24, 2.45) is 0 Å². The van der Waals surface area contributed by atoms with Gasteiger partial charge in [-0.25, -0.2) is 4.63 Å². The van der Waals surface area contributed by atoms with E-state index >= 15 is 0 Å². The van der Waals surface area contributed by atoms with Gasteiger partial charge in [-0.1, -0.05) is 41.6 Å². The van der Waals surface area contributed by atoms with E-state index in [0.717, 1.165) is 32.4 Å². The quantitative estimate of drug-likeness (QED) is 0.802. The molecule has 1 aromatic carbocycles. The number of hydrogen-bond donors (Lipinski definition) is 1. The number of fused-ring (bicyclic) bond motifs is 2. The number of rotatable bonds is 2. The lowest BCUT2D eigenvalue weighted by Crippen LogP contribution is -2.51. The van der Waals surface area contributed by atoms with Crippen LogP contribution in [-0.2, 0) is 5.41 Å². The van der Waals surface area contributed by atoms with Crippen LogP contribution >= 0.6 is 0 Å². The van der Waals surface area contributed by atoms with E-state index in [1.54, 1.807) is 4.90 Å². The van der Waals surface area contributed by atoms with Crippen LogP contribution in [-0.4, -0.2) is 63.4 Å². The van der Waals surface area contributed by atoms with Crippen molar-refractivity contribution in [1.82, 2.24) is 20.1 Å². The van der Waals surface area contributed by atoms with Gasteiger partial charge in [0.25, 0.3) is 5.91 Å². The first-order chi connectivity index (χ1) is 13.7. The van der Waals surface area contributed by atoms with E-state index in [0.29, 0.717) is 13.1 Å². The summed E-state index contributed by atoms with van der Waals surface area (Å²) in [6, 6.07) is 8.47. The Morgan fingerprint density at radius 1 is 1.18 bits per heavy atom. The summed E-state index contributed by atoms with van der Waals surface area (Å²) >= 11 is 0. The average molecular weight is 380 g/mol. The minimum Gasteiger partial charge on any atom is -0.390 e. The second-order valence-corrected chi connectivity index (χ2v) is 7.97. The molecule has 1 N–H and O–H groups in total. The number of likely N-dealkylation sites (tertiary alicyclic amines) is 1. The van der Waals surface area contributed by atoms with Gasteiger partial charge in [0.2, 0.25) is 0 Å². The molecule has 3 aliphatic rings. The van der Waals surface area contributed by atoms with Gasteiger partial charge in [0, 0.05) is 31.6 Å². The number of aliphatic hydroxyl groups is 1. The van der Waals surface area contributed by atoms with Gasteiger partial charge in [-0.2, -0.15) is 0 Å². The van der Waals surface area contributed by atoms with E-state index in [-0.39, 0.29) is 23.1 Å².